The number of nitrogens with zero attached hydrogens (tertiary/aromatic N) is 1. The lowest BCUT2D eigenvalue weighted by Crippen LogP contribution is -2.57. The molecule has 0 unspecified atom stereocenters. The lowest BCUT2D eigenvalue weighted by Gasteiger charge is -2.50. The Kier molecular flexibility index (Phi) is 8.76. The Morgan fingerprint density at radius 2 is 1.85 bits per heavy atom. The summed E-state index contributed by atoms with van der Waals surface area (Å²) in [6.07, 6.45) is 3.51. The maximum Gasteiger partial charge on any atom is 0.222 e. The van der Waals surface area contributed by atoms with Gasteiger partial charge in [0.15, 0.2) is 21.4 Å². The van der Waals surface area contributed by atoms with E-state index in [9.17, 15) is 17.6 Å². The van der Waals surface area contributed by atoms with Crippen molar-refractivity contribution >= 4 is 39.1 Å². The highest BCUT2D eigenvalue weighted by atomic mass is 35.5. The lowest BCUT2D eigenvalue weighted by molar-refractivity contribution is -0.133. The molecule has 0 aromatic heterocycles. The molecule has 0 saturated carbocycles. The fraction of sp³-hybridized carbons (Fsp3) is 0.536. The zero-order valence-corrected chi connectivity index (χ0v) is 23.9. The van der Waals surface area contributed by atoms with Gasteiger partial charge >= 0.3 is 0 Å². The van der Waals surface area contributed by atoms with E-state index in [1.807, 2.05) is 4.90 Å². The number of fused-ring (bicyclic) bond motifs is 3. The number of benzene rings is 2. The van der Waals surface area contributed by atoms with Gasteiger partial charge in [-0.2, -0.15) is 11.8 Å². The average molecular weight is 600 g/mol. The Morgan fingerprint density at radius 1 is 1.08 bits per heavy atom. The molecule has 5 rings (SSSR count). The van der Waals surface area contributed by atoms with Gasteiger partial charge in [-0.3, -0.25) is 4.79 Å². The van der Waals surface area contributed by atoms with Crippen molar-refractivity contribution in [2.75, 3.05) is 37.8 Å². The third-order valence-electron chi connectivity index (χ3n) is 8.03. The van der Waals surface area contributed by atoms with Gasteiger partial charge in [0.1, 0.15) is 10.6 Å². The predicted molar refractivity (Wildman–Crippen MR) is 147 cm³/mol. The molecule has 0 bridgehead atoms. The van der Waals surface area contributed by atoms with Crippen LogP contribution in [0.4, 0.5) is 8.78 Å². The Bertz CT molecular complexity index is 1310. The minimum atomic E-state index is -4.21. The maximum atomic E-state index is 15.5. The van der Waals surface area contributed by atoms with Crippen molar-refractivity contribution < 1.29 is 31.5 Å². The molecule has 0 spiro atoms. The second-order valence-electron chi connectivity index (χ2n) is 10.2. The standard InChI is InChI=1S/C28H32ClF2NO5S2/c29-19-5-7-20(8-6-19)39(34,35)28-12-15-36-24(11-17-38-16-3-14-32-13-2-1-4-25(32)33)21(28)18-37-27-23(31)10-9-22(30)26(27)28/h5-10,21,24H,1-4,11-18H2/t21-,24-,28-/m0/s1. The molecule has 3 heterocycles. The minimum Gasteiger partial charge on any atom is -0.490 e. The molecule has 3 aliphatic rings. The van der Waals surface area contributed by atoms with Crippen LogP contribution in [0.1, 0.15) is 44.1 Å². The van der Waals surface area contributed by atoms with Crippen molar-refractivity contribution in [1.29, 1.82) is 0 Å². The monoisotopic (exact) mass is 599 g/mol. The summed E-state index contributed by atoms with van der Waals surface area (Å²) in [5.74, 6) is -0.897. The number of sulfone groups is 1. The number of likely N-dealkylation sites (tertiary alicyclic amines) is 1. The first-order valence-corrected chi connectivity index (χ1v) is 16.4. The van der Waals surface area contributed by atoms with E-state index in [1.165, 1.54) is 24.3 Å². The molecular weight excluding hydrogens is 568 g/mol. The Balaban J connectivity index is 1.36. The van der Waals surface area contributed by atoms with E-state index in [2.05, 4.69) is 0 Å². The number of amides is 1. The molecule has 0 radical (unpaired) electrons. The molecule has 2 aromatic carbocycles. The maximum absolute atomic E-state index is 15.5. The highest BCUT2D eigenvalue weighted by Gasteiger charge is 2.61. The number of carbonyl (C=O) groups excluding carboxylic acids is 1. The molecule has 2 saturated heterocycles. The van der Waals surface area contributed by atoms with E-state index in [1.54, 1.807) is 11.8 Å². The zero-order valence-electron chi connectivity index (χ0n) is 21.5. The molecule has 6 nitrogen and oxygen atoms in total. The van der Waals surface area contributed by atoms with Crippen LogP contribution >= 0.6 is 23.4 Å². The smallest absolute Gasteiger partial charge is 0.222 e. The van der Waals surface area contributed by atoms with Gasteiger partial charge in [-0.1, -0.05) is 11.6 Å². The van der Waals surface area contributed by atoms with Crippen LogP contribution in [0, 0.1) is 17.6 Å². The molecule has 2 aromatic rings. The summed E-state index contributed by atoms with van der Waals surface area (Å²) in [6, 6.07) is 7.70. The highest BCUT2D eigenvalue weighted by Crippen LogP contribution is 2.56. The summed E-state index contributed by atoms with van der Waals surface area (Å²) in [7, 11) is -4.21. The van der Waals surface area contributed by atoms with Gasteiger partial charge in [0.25, 0.3) is 0 Å². The molecule has 39 heavy (non-hydrogen) atoms. The van der Waals surface area contributed by atoms with Crippen LogP contribution in [-0.4, -0.2) is 63.1 Å². The normalized spacial score (nSPS) is 25.1. The topological polar surface area (TPSA) is 72.9 Å². The molecule has 3 aliphatic heterocycles. The first-order chi connectivity index (χ1) is 18.8. The number of rotatable bonds is 9. The quantitative estimate of drug-likeness (QED) is 0.349. The third kappa shape index (κ3) is 5.42. The Morgan fingerprint density at radius 3 is 2.62 bits per heavy atom. The molecule has 0 N–H and O–H groups in total. The van der Waals surface area contributed by atoms with E-state index in [4.69, 9.17) is 21.1 Å². The minimum absolute atomic E-state index is 0.00399. The van der Waals surface area contributed by atoms with Gasteiger partial charge in [0.05, 0.1) is 23.2 Å². The van der Waals surface area contributed by atoms with E-state index in [0.717, 1.165) is 50.2 Å². The van der Waals surface area contributed by atoms with Gasteiger partial charge in [0.2, 0.25) is 5.91 Å². The van der Waals surface area contributed by atoms with Gasteiger partial charge in [-0.25, -0.2) is 17.2 Å². The van der Waals surface area contributed by atoms with E-state index >= 15 is 4.39 Å². The third-order valence-corrected chi connectivity index (χ3v) is 11.9. The Labute approximate surface area is 237 Å². The van der Waals surface area contributed by atoms with E-state index in [-0.39, 0.29) is 41.8 Å². The number of hydrogen-bond donors (Lipinski definition) is 0. The second kappa shape index (κ2) is 11.9. The molecular formula is C28H32ClF2NO5S2. The lowest BCUT2D eigenvalue weighted by atomic mass is 9.75. The average Bonchev–Trinajstić information content (AvgIpc) is 2.93. The number of halogens is 3. The molecule has 212 valence electrons. The molecule has 11 heteroatoms. The van der Waals surface area contributed by atoms with Crippen LogP contribution in [0.15, 0.2) is 41.3 Å². The van der Waals surface area contributed by atoms with Crippen LogP contribution < -0.4 is 4.74 Å². The summed E-state index contributed by atoms with van der Waals surface area (Å²) in [4.78, 5) is 13.9. The molecule has 1 amide bonds. The van der Waals surface area contributed by atoms with Crippen molar-refractivity contribution in [2.24, 2.45) is 5.92 Å². The summed E-state index contributed by atoms with van der Waals surface area (Å²) >= 11 is 7.73. The molecule has 2 fully saturated rings. The Hall–Kier alpha value is -1.88. The van der Waals surface area contributed by atoms with Crippen LogP contribution in [0.5, 0.6) is 5.75 Å². The number of ether oxygens (including phenoxy) is 2. The summed E-state index contributed by atoms with van der Waals surface area (Å²) < 4.78 is 69.0. The summed E-state index contributed by atoms with van der Waals surface area (Å²) in [6.45, 7) is 1.55. The first-order valence-electron chi connectivity index (χ1n) is 13.3. The summed E-state index contributed by atoms with van der Waals surface area (Å²) in [5, 5.41) is 0.374. The second-order valence-corrected chi connectivity index (χ2v) is 14.1. The number of carbonyl (C=O) groups is 1. The van der Waals surface area contributed by atoms with Gasteiger partial charge in [-0.05, 0) is 80.0 Å². The van der Waals surface area contributed by atoms with Crippen molar-refractivity contribution in [3.05, 3.63) is 58.6 Å². The van der Waals surface area contributed by atoms with Crippen LogP contribution in [0.25, 0.3) is 0 Å². The van der Waals surface area contributed by atoms with E-state index < -0.39 is 38.2 Å². The number of piperidine rings is 1. The number of hydrogen-bond acceptors (Lipinski definition) is 6. The first kappa shape index (κ1) is 28.6. The fourth-order valence-corrected chi connectivity index (χ4v) is 9.50. The highest BCUT2D eigenvalue weighted by molar-refractivity contribution is 7.99. The zero-order chi connectivity index (χ0) is 27.6. The SMILES string of the molecule is O=C1CCCCN1CCCSCC[C@@H]1OCC[C@@]2(S(=O)(=O)c3ccc(Cl)cc3)c3c(F)ccc(F)c3OC[C@@H]12. The van der Waals surface area contributed by atoms with Crippen LogP contribution in [-0.2, 0) is 24.1 Å². The van der Waals surface area contributed by atoms with E-state index in [0.29, 0.717) is 23.6 Å². The predicted octanol–water partition coefficient (Wildman–Crippen LogP) is 5.61. The molecule has 0 aliphatic carbocycles. The van der Waals surface area contributed by atoms with Crippen LogP contribution in [0.2, 0.25) is 5.02 Å². The van der Waals surface area contributed by atoms with Gasteiger partial charge in [-0.15, -0.1) is 0 Å². The van der Waals surface area contributed by atoms with Crippen LogP contribution in [0.3, 0.4) is 0 Å². The largest absolute Gasteiger partial charge is 0.490 e. The van der Waals surface area contributed by atoms with Crippen molar-refractivity contribution in [2.45, 2.75) is 54.3 Å². The summed E-state index contributed by atoms with van der Waals surface area (Å²) in [5.41, 5.74) is -0.249. The van der Waals surface area contributed by atoms with Crippen molar-refractivity contribution in [3.63, 3.8) is 0 Å². The van der Waals surface area contributed by atoms with Crippen molar-refractivity contribution in [1.82, 2.24) is 4.90 Å². The van der Waals surface area contributed by atoms with Crippen molar-refractivity contribution in [3.8, 4) is 5.75 Å². The molecule has 3 atom stereocenters. The van der Waals surface area contributed by atoms with Gasteiger partial charge < -0.3 is 14.4 Å². The fourth-order valence-electron chi connectivity index (χ4n) is 6.09. The number of thioether (sulfide) groups is 1. The van der Waals surface area contributed by atoms with Gasteiger partial charge in [0, 0.05) is 37.1 Å².